The molecule has 0 radical (unpaired) electrons. The van der Waals surface area contributed by atoms with Crippen molar-refractivity contribution >= 4 is 33.2 Å². The Balaban J connectivity index is 2.05. The fraction of sp³-hybridized carbons (Fsp3) is 0.154. The third kappa shape index (κ3) is 3.17. The molecule has 1 amide bonds. The van der Waals surface area contributed by atoms with Gasteiger partial charge < -0.3 is 5.32 Å². The highest BCUT2D eigenvalue weighted by atomic mass is 79.9. The number of carbonyl (C=O) groups is 1. The van der Waals surface area contributed by atoms with E-state index in [1.54, 1.807) is 23.6 Å². The van der Waals surface area contributed by atoms with Crippen LogP contribution in [0, 0.1) is 5.82 Å². The molecule has 0 saturated heterocycles. The molecule has 0 aliphatic carbocycles. The minimum atomic E-state index is -0.279. The molecule has 1 N–H and O–H groups in total. The molecule has 1 heterocycles. The molecule has 1 aromatic heterocycles. The summed E-state index contributed by atoms with van der Waals surface area (Å²) in [4.78, 5) is 11.9. The maximum absolute atomic E-state index is 12.8. The second kappa shape index (κ2) is 5.63. The molecule has 1 unspecified atom stereocenters. The average Bonchev–Trinajstić information content (AvgIpc) is 2.76. The van der Waals surface area contributed by atoms with E-state index in [0.29, 0.717) is 5.56 Å². The van der Waals surface area contributed by atoms with Crippen LogP contribution >= 0.6 is 27.3 Å². The van der Waals surface area contributed by atoms with Crippen molar-refractivity contribution in [1.82, 2.24) is 5.32 Å². The highest BCUT2D eigenvalue weighted by molar-refractivity contribution is 9.11. The van der Waals surface area contributed by atoms with Gasteiger partial charge in [-0.25, -0.2) is 4.39 Å². The Morgan fingerprint density at radius 3 is 2.61 bits per heavy atom. The lowest BCUT2D eigenvalue weighted by Crippen LogP contribution is -2.26. The molecule has 2 aromatic rings. The molecule has 0 spiro atoms. The molecule has 2 nitrogen and oxygen atoms in total. The minimum absolute atomic E-state index is 0.131. The van der Waals surface area contributed by atoms with Gasteiger partial charge in [0.1, 0.15) is 5.82 Å². The average molecular weight is 328 g/mol. The Morgan fingerprint density at radius 2 is 2.06 bits per heavy atom. The Hall–Kier alpha value is -1.20. The number of hydrogen-bond donors (Lipinski definition) is 1. The van der Waals surface area contributed by atoms with E-state index in [-0.39, 0.29) is 17.8 Å². The molecule has 0 aliphatic rings. The molecule has 2 rings (SSSR count). The van der Waals surface area contributed by atoms with Gasteiger partial charge in [0, 0.05) is 5.38 Å². The Labute approximate surface area is 117 Å². The molecule has 0 bridgehead atoms. The van der Waals surface area contributed by atoms with Gasteiger partial charge in [-0.2, -0.15) is 0 Å². The predicted octanol–water partition coefficient (Wildman–Crippen LogP) is 4.14. The van der Waals surface area contributed by atoms with Crippen molar-refractivity contribution in [1.29, 1.82) is 0 Å². The summed E-state index contributed by atoms with van der Waals surface area (Å²) < 4.78 is 13.7. The number of benzene rings is 1. The van der Waals surface area contributed by atoms with Gasteiger partial charge in [0.05, 0.1) is 15.4 Å². The lowest BCUT2D eigenvalue weighted by molar-refractivity contribution is 0.0940. The summed E-state index contributed by atoms with van der Waals surface area (Å²) in [6.07, 6.45) is 0. The maximum atomic E-state index is 12.8. The first-order valence-corrected chi connectivity index (χ1v) is 7.04. The fourth-order valence-corrected chi connectivity index (χ4v) is 2.68. The quantitative estimate of drug-likeness (QED) is 0.901. The second-order valence-electron chi connectivity index (χ2n) is 3.89. The van der Waals surface area contributed by atoms with Crippen molar-refractivity contribution in [2.24, 2.45) is 0 Å². The van der Waals surface area contributed by atoms with E-state index in [9.17, 15) is 9.18 Å². The third-order valence-corrected chi connectivity index (χ3v) is 4.05. The van der Waals surface area contributed by atoms with E-state index >= 15 is 0 Å². The Kier molecular flexibility index (Phi) is 4.14. The van der Waals surface area contributed by atoms with E-state index in [0.717, 1.165) is 9.35 Å². The SMILES string of the molecule is CC(NC(=O)c1csc(Br)c1)c1ccc(F)cc1. The zero-order valence-corrected chi connectivity index (χ0v) is 12.0. The molecule has 0 aliphatic heterocycles. The summed E-state index contributed by atoms with van der Waals surface area (Å²) in [6, 6.07) is 7.74. The molecular weight excluding hydrogens is 317 g/mol. The minimum Gasteiger partial charge on any atom is -0.345 e. The van der Waals surface area contributed by atoms with Crippen LogP contribution in [-0.4, -0.2) is 5.91 Å². The van der Waals surface area contributed by atoms with Gasteiger partial charge in [-0.1, -0.05) is 12.1 Å². The standard InChI is InChI=1S/C13H11BrFNOS/c1-8(9-2-4-11(15)5-3-9)16-13(17)10-6-12(14)18-7-10/h2-8H,1H3,(H,16,17). The summed E-state index contributed by atoms with van der Waals surface area (Å²) in [7, 11) is 0. The van der Waals surface area contributed by atoms with Gasteiger partial charge in [-0.15, -0.1) is 11.3 Å². The van der Waals surface area contributed by atoms with Crippen molar-refractivity contribution in [2.45, 2.75) is 13.0 Å². The summed E-state index contributed by atoms with van der Waals surface area (Å²) in [5.41, 5.74) is 1.50. The number of hydrogen-bond acceptors (Lipinski definition) is 2. The smallest absolute Gasteiger partial charge is 0.252 e. The van der Waals surface area contributed by atoms with Crippen LogP contribution in [-0.2, 0) is 0 Å². The third-order valence-electron chi connectivity index (χ3n) is 2.55. The molecule has 5 heteroatoms. The van der Waals surface area contributed by atoms with E-state index in [1.807, 2.05) is 6.92 Å². The number of rotatable bonds is 3. The van der Waals surface area contributed by atoms with Gasteiger partial charge in [-0.05, 0) is 46.6 Å². The number of carbonyl (C=O) groups excluding carboxylic acids is 1. The van der Waals surface area contributed by atoms with Gasteiger partial charge >= 0.3 is 0 Å². The van der Waals surface area contributed by atoms with E-state index in [2.05, 4.69) is 21.2 Å². The number of nitrogens with one attached hydrogen (secondary N) is 1. The van der Waals surface area contributed by atoms with E-state index in [4.69, 9.17) is 0 Å². The molecular formula is C13H11BrFNOS. The van der Waals surface area contributed by atoms with Crippen molar-refractivity contribution in [3.8, 4) is 0 Å². The van der Waals surface area contributed by atoms with Crippen molar-refractivity contribution in [3.05, 3.63) is 56.4 Å². The lowest BCUT2D eigenvalue weighted by Gasteiger charge is -2.13. The zero-order valence-electron chi connectivity index (χ0n) is 9.61. The fourth-order valence-electron chi connectivity index (χ4n) is 1.54. The zero-order chi connectivity index (χ0) is 13.1. The van der Waals surface area contributed by atoms with Crippen LogP contribution in [0.4, 0.5) is 4.39 Å². The van der Waals surface area contributed by atoms with Crippen LogP contribution in [0.3, 0.4) is 0 Å². The van der Waals surface area contributed by atoms with Crippen LogP contribution in [0.25, 0.3) is 0 Å². The summed E-state index contributed by atoms with van der Waals surface area (Å²) in [5, 5.41) is 4.66. The predicted molar refractivity (Wildman–Crippen MR) is 74.3 cm³/mol. The first-order chi connectivity index (χ1) is 8.56. The summed E-state index contributed by atoms with van der Waals surface area (Å²) in [6.45, 7) is 1.87. The van der Waals surface area contributed by atoms with Crippen LogP contribution in [0.2, 0.25) is 0 Å². The molecule has 1 atom stereocenters. The topological polar surface area (TPSA) is 29.1 Å². The van der Waals surface area contributed by atoms with Crippen molar-refractivity contribution < 1.29 is 9.18 Å². The van der Waals surface area contributed by atoms with Gasteiger partial charge in [-0.3, -0.25) is 4.79 Å². The lowest BCUT2D eigenvalue weighted by atomic mass is 10.1. The number of amides is 1. The number of thiophene rings is 1. The van der Waals surface area contributed by atoms with Gasteiger partial charge in [0.15, 0.2) is 0 Å². The first-order valence-electron chi connectivity index (χ1n) is 5.36. The molecule has 94 valence electrons. The molecule has 0 fully saturated rings. The highest BCUT2D eigenvalue weighted by Gasteiger charge is 2.12. The van der Waals surface area contributed by atoms with Crippen LogP contribution in [0.1, 0.15) is 28.9 Å². The number of halogens is 2. The van der Waals surface area contributed by atoms with Gasteiger partial charge in [0.25, 0.3) is 5.91 Å². The van der Waals surface area contributed by atoms with Crippen LogP contribution in [0.5, 0.6) is 0 Å². The Morgan fingerprint density at radius 1 is 1.39 bits per heavy atom. The monoisotopic (exact) mass is 327 g/mol. The second-order valence-corrected chi connectivity index (χ2v) is 6.18. The maximum Gasteiger partial charge on any atom is 0.252 e. The van der Waals surface area contributed by atoms with Crippen molar-refractivity contribution in [2.75, 3.05) is 0 Å². The van der Waals surface area contributed by atoms with Crippen LogP contribution in [0.15, 0.2) is 39.5 Å². The summed E-state index contributed by atoms with van der Waals surface area (Å²) in [5.74, 6) is -0.409. The highest BCUT2D eigenvalue weighted by Crippen LogP contribution is 2.21. The van der Waals surface area contributed by atoms with Crippen LogP contribution < -0.4 is 5.32 Å². The molecule has 0 saturated carbocycles. The van der Waals surface area contributed by atoms with E-state index in [1.165, 1.54) is 23.5 Å². The first kappa shape index (κ1) is 13.2. The molecule has 1 aromatic carbocycles. The van der Waals surface area contributed by atoms with Gasteiger partial charge in [0.2, 0.25) is 0 Å². The molecule has 18 heavy (non-hydrogen) atoms. The normalized spacial score (nSPS) is 12.2. The van der Waals surface area contributed by atoms with Crippen molar-refractivity contribution in [3.63, 3.8) is 0 Å². The largest absolute Gasteiger partial charge is 0.345 e. The Bertz CT molecular complexity index is 552. The summed E-state index contributed by atoms with van der Waals surface area (Å²) >= 11 is 4.78. The van der Waals surface area contributed by atoms with E-state index < -0.39 is 0 Å².